The lowest BCUT2D eigenvalue weighted by Crippen LogP contribution is -2.61. The summed E-state index contributed by atoms with van der Waals surface area (Å²) in [6, 6.07) is 6.28. The summed E-state index contributed by atoms with van der Waals surface area (Å²) >= 11 is 0. The number of nitrogens with one attached hydrogen (secondary N) is 1. The predicted molar refractivity (Wildman–Crippen MR) is 97.6 cm³/mol. The molecule has 1 heterocycles. The second-order valence-corrected chi connectivity index (χ2v) is 7.10. The van der Waals surface area contributed by atoms with Crippen LogP contribution in [0.2, 0.25) is 0 Å². The molecule has 1 fully saturated rings. The van der Waals surface area contributed by atoms with E-state index in [0.717, 1.165) is 53.8 Å². The molecule has 0 bridgehead atoms. The molecule has 2 rings (SSSR count). The van der Waals surface area contributed by atoms with Crippen molar-refractivity contribution >= 4 is 11.6 Å². The highest BCUT2D eigenvalue weighted by Gasteiger charge is 2.41. The van der Waals surface area contributed by atoms with Gasteiger partial charge < -0.3 is 9.80 Å². The lowest BCUT2D eigenvalue weighted by atomic mass is 9.98. The molecule has 0 radical (unpaired) electrons. The Kier molecular flexibility index (Phi) is 6.23. The van der Waals surface area contributed by atoms with Crippen molar-refractivity contribution in [3.63, 3.8) is 0 Å². The van der Waals surface area contributed by atoms with Gasteiger partial charge in [-0.3, -0.25) is 4.79 Å². The lowest BCUT2D eigenvalue weighted by molar-refractivity contribution is -0.945. The first-order valence-corrected chi connectivity index (χ1v) is 9.27. The molecule has 3 nitrogen and oxygen atoms in total. The fourth-order valence-corrected chi connectivity index (χ4v) is 4.14. The van der Waals surface area contributed by atoms with Crippen molar-refractivity contribution in [2.45, 2.75) is 65.8 Å². The van der Waals surface area contributed by atoms with E-state index in [0.29, 0.717) is 0 Å². The van der Waals surface area contributed by atoms with E-state index in [9.17, 15) is 4.79 Å². The summed E-state index contributed by atoms with van der Waals surface area (Å²) in [6.07, 6.45) is 5.86. The summed E-state index contributed by atoms with van der Waals surface area (Å²) in [6.45, 7) is 12.0. The van der Waals surface area contributed by atoms with Crippen LogP contribution in [-0.2, 0) is 4.79 Å². The number of amides is 1. The van der Waals surface area contributed by atoms with Gasteiger partial charge in [0.25, 0.3) is 5.91 Å². The molecule has 128 valence electrons. The standard InChI is InChI=1S/C20H32N2O/c1-5-11-18(22(6-2)14-8-7-9-15-22)20(23)21-19-16(3)12-10-13-17(19)4/h10,12-13,18H,5-9,11,14-15H2,1-4H3/p+1. The van der Waals surface area contributed by atoms with Crippen molar-refractivity contribution in [3.05, 3.63) is 29.3 Å². The van der Waals surface area contributed by atoms with Gasteiger partial charge in [-0.1, -0.05) is 25.1 Å². The van der Waals surface area contributed by atoms with Crippen molar-refractivity contribution in [2.75, 3.05) is 25.0 Å². The van der Waals surface area contributed by atoms with Gasteiger partial charge in [-0.2, -0.15) is 0 Å². The van der Waals surface area contributed by atoms with Gasteiger partial charge in [0.1, 0.15) is 0 Å². The summed E-state index contributed by atoms with van der Waals surface area (Å²) in [7, 11) is 0. The third-order valence-corrected chi connectivity index (χ3v) is 5.59. The van der Waals surface area contributed by atoms with E-state index in [1.165, 1.54) is 19.3 Å². The van der Waals surface area contributed by atoms with E-state index >= 15 is 0 Å². The third kappa shape index (κ3) is 3.95. The van der Waals surface area contributed by atoms with Crippen LogP contribution >= 0.6 is 0 Å². The maximum atomic E-state index is 13.1. The lowest BCUT2D eigenvalue weighted by Gasteiger charge is -2.46. The number of hydrogen-bond acceptors (Lipinski definition) is 1. The molecule has 1 atom stereocenters. The van der Waals surface area contributed by atoms with Crippen molar-refractivity contribution in [3.8, 4) is 0 Å². The highest BCUT2D eigenvalue weighted by Crippen LogP contribution is 2.27. The number of benzene rings is 1. The monoisotopic (exact) mass is 317 g/mol. The van der Waals surface area contributed by atoms with Crippen LogP contribution in [0, 0.1) is 13.8 Å². The van der Waals surface area contributed by atoms with Crippen LogP contribution in [0.4, 0.5) is 5.69 Å². The maximum Gasteiger partial charge on any atom is 0.282 e. The average Bonchev–Trinajstić information content (AvgIpc) is 2.56. The predicted octanol–water partition coefficient (Wildman–Crippen LogP) is 4.43. The topological polar surface area (TPSA) is 29.1 Å². The number of likely N-dealkylation sites (tertiary alicyclic amines) is 1. The molecule has 1 aromatic rings. The van der Waals surface area contributed by atoms with E-state index in [-0.39, 0.29) is 11.9 Å². The zero-order chi connectivity index (χ0) is 16.9. The highest BCUT2D eigenvalue weighted by molar-refractivity contribution is 5.95. The number of rotatable bonds is 6. The number of piperidine rings is 1. The van der Waals surface area contributed by atoms with Crippen LogP contribution in [0.15, 0.2) is 18.2 Å². The first-order chi connectivity index (χ1) is 11.0. The van der Waals surface area contributed by atoms with E-state index in [2.05, 4.69) is 51.2 Å². The second-order valence-electron chi connectivity index (χ2n) is 7.10. The zero-order valence-electron chi connectivity index (χ0n) is 15.3. The number of carbonyl (C=O) groups is 1. The smallest absolute Gasteiger partial charge is 0.282 e. The number of carbonyl (C=O) groups excluding carboxylic acids is 1. The Balaban J connectivity index is 2.24. The molecule has 0 spiro atoms. The largest absolute Gasteiger partial charge is 0.320 e. The van der Waals surface area contributed by atoms with Crippen LogP contribution < -0.4 is 5.32 Å². The molecule has 0 aliphatic carbocycles. The Hall–Kier alpha value is -1.35. The van der Waals surface area contributed by atoms with E-state index < -0.39 is 0 Å². The molecule has 3 heteroatoms. The van der Waals surface area contributed by atoms with Gasteiger partial charge in [0.05, 0.1) is 19.6 Å². The Bertz CT molecular complexity index is 512. The summed E-state index contributed by atoms with van der Waals surface area (Å²) in [5.41, 5.74) is 3.30. The molecule has 23 heavy (non-hydrogen) atoms. The fraction of sp³-hybridized carbons (Fsp3) is 0.650. The zero-order valence-corrected chi connectivity index (χ0v) is 15.3. The molecule has 1 aliphatic heterocycles. The van der Waals surface area contributed by atoms with Gasteiger partial charge in [0.2, 0.25) is 0 Å². The van der Waals surface area contributed by atoms with E-state index in [1.807, 2.05) is 0 Å². The third-order valence-electron chi connectivity index (χ3n) is 5.59. The van der Waals surface area contributed by atoms with Crippen molar-refractivity contribution in [1.29, 1.82) is 0 Å². The van der Waals surface area contributed by atoms with Gasteiger partial charge in [-0.15, -0.1) is 0 Å². The second kappa shape index (κ2) is 7.96. The van der Waals surface area contributed by atoms with Crippen LogP contribution in [0.5, 0.6) is 0 Å². The number of quaternary nitrogens is 1. The Morgan fingerprint density at radius 1 is 1.13 bits per heavy atom. The minimum Gasteiger partial charge on any atom is -0.320 e. The Morgan fingerprint density at radius 2 is 1.74 bits per heavy atom. The summed E-state index contributed by atoms with van der Waals surface area (Å²) in [5.74, 6) is 0.216. The number of likely N-dealkylation sites (N-methyl/N-ethyl adjacent to an activating group) is 1. The van der Waals surface area contributed by atoms with Gasteiger partial charge in [0, 0.05) is 12.1 Å². The number of aryl methyl sites for hydroxylation is 2. The Morgan fingerprint density at radius 3 is 2.26 bits per heavy atom. The van der Waals surface area contributed by atoms with Crippen LogP contribution in [-0.4, -0.2) is 36.1 Å². The molecule has 1 amide bonds. The molecule has 1 unspecified atom stereocenters. The Labute approximate surface area is 141 Å². The number of nitrogens with zero attached hydrogens (tertiary/aromatic N) is 1. The highest BCUT2D eigenvalue weighted by atomic mass is 16.2. The maximum absolute atomic E-state index is 13.1. The first-order valence-electron chi connectivity index (χ1n) is 9.27. The van der Waals surface area contributed by atoms with Gasteiger partial charge >= 0.3 is 0 Å². The van der Waals surface area contributed by atoms with Crippen molar-refractivity contribution in [2.24, 2.45) is 0 Å². The molecular formula is C20H33N2O+. The van der Waals surface area contributed by atoms with Gasteiger partial charge in [0.15, 0.2) is 6.04 Å². The molecule has 1 N–H and O–H groups in total. The van der Waals surface area contributed by atoms with Crippen LogP contribution in [0.1, 0.15) is 57.1 Å². The summed E-state index contributed by atoms with van der Waals surface area (Å²) in [5, 5.41) is 3.27. The SMILES string of the molecule is CCCC(C(=O)Nc1c(C)cccc1C)[N+]1(CC)CCCCC1. The van der Waals surface area contributed by atoms with E-state index in [4.69, 9.17) is 0 Å². The average molecular weight is 317 g/mol. The first kappa shape index (κ1) is 18.0. The van der Waals surface area contributed by atoms with Gasteiger partial charge in [-0.05, 0) is 57.6 Å². The number of anilines is 1. The normalized spacial score (nSPS) is 18.4. The van der Waals surface area contributed by atoms with Crippen LogP contribution in [0.25, 0.3) is 0 Å². The fourth-order valence-electron chi connectivity index (χ4n) is 4.14. The molecule has 1 aromatic carbocycles. The molecule has 1 aliphatic rings. The van der Waals surface area contributed by atoms with Crippen molar-refractivity contribution in [1.82, 2.24) is 0 Å². The van der Waals surface area contributed by atoms with Crippen molar-refractivity contribution < 1.29 is 9.28 Å². The number of hydrogen-bond donors (Lipinski definition) is 1. The van der Waals surface area contributed by atoms with Crippen LogP contribution in [0.3, 0.4) is 0 Å². The summed E-state index contributed by atoms with van der Waals surface area (Å²) < 4.78 is 0.977. The minimum absolute atomic E-state index is 0.0873. The molecule has 0 aromatic heterocycles. The minimum atomic E-state index is 0.0873. The molecule has 1 saturated heterocycles. The quantitative estimate of drug-likeness (QED) is 0.773. The summed E-state index contributed by atoms with van der Waals surface area (Å²) in [4.78, 5) is 13.1. The number of para-hydroxylation sites is 1. The molecule has 0 saturated carbocycles. The van der Waals surface area contributed by atoms with E-state index in [1.54, 1.807) is 0 Å². The molecular weight excluding hydrogens is 284 g/mol. The van der Waals surface area contributed by atoms with Gasteiger partial charge in [-0.25, -0.2) is 0 Å².